The summed E-state index contributed by atoms with van der Waals surface area (Å²) in [6, 6.07) is 1.88. The van der Waals surface area contributed by atoms with Crippen LogP contribution in [-0.2, 0) is 0 Å². The van der Waals surface area contributed by atoms with Crippen LogP contribution >= 0.6 is 0 Å². The van der Waals surface area contributed by atoms with Gasteiger partial charge in [-0.05, 0) is 26.3 Å². The van der Waals surface area contributed by atoms with Crippen LogP contribution in [0, 0.1) is 13.8 Å². The van der Waals surface area contributed by atoms with Crippen LogP contribution < -0.4 is 5.73 Å². The fraction of sp³-hybridized carbons (Fsp3) is 0.500. The summed E-state index contributed by atoms with van der Waals surface area (Å²) < 4.78 is 0. The van der Waals surface area contributed by atoms with E-state index in [9.17, 15) is 0 Å². The maximum atomic E-state index is 5.56. The number of nitrogens with zero attached hydrogens (tertiary/aromatic N) is 4. The molecule has 1 rings (SSSR count). The van der Waals surface area contributed by atoms with E-state index in [1.807, 2.05) is 40.7 Å². The van der Waals surface area contributed by atoms with E-state index < -0.39 is 0 Å². The van der Waals surface area contributed by atoms with Gasteiger partial charge >= 0.3 is 0 Å². The predicted octanol–water partition coefficient (Wildman–Crippen LogP) is 2.55. The van der Waals surface area contributed by atoms with E-state index in [4.69, 9.17) is 5.73 Å². The lowest BCUT2D eigenvalue weighted by molar-refractivity contribution is 1.04. The first-order valence-electron chi connectivity index (χ1n) is 5.80. The molecule has 1 aromatic rings. The summed E-state index contributed by atoms with van der Waals surface area (Å²) in [6.45, 7) is 9.75. The number of hydrogen-bond acceptors (Lipinski definition) is 3. The highest BCUT2D eigenvalue weighted by Gasteiger charge is 1.97. The average molecular weight is 235 g/mol. The van der Waals surface area contributed by atoms with Crippen LogP contribution in [0.4, 0.5) is 5.95 Å². The Labute approximate surface area is 103 Å². The maximum absolute atomic E-state index is 5.56. The first kappa shape index (κ1) is 15.2. The summed E-state index contributed by atoms with van der Waals surface area (Å²) in [6.07, 6.45) is 2.52. The highest BCUT2D eigenvalue weighted by molar-refractivity contribution is 5.87. The number of hydrogen-bond donors (Lipinski definition) is 1. The molecule has 0 aromatic carbocycles. The molecule has 0 aliphatic heterocycles. The Bertz CT molecular complexity index is 376. The molecule has 94 valence electrons. The van der Waals surface area contributed by atoms with Crippen molar-refractivity contribution in [2.45, 2.75) is 41.0 Å². The first-order valence-corrected chi connectivity index (χ1v) is 5.80. The standard InChI is InChI=1S/C10H15N5.C2H6/c1-4-5-12-9(11)15-10-13-7(2)6-8(3)14-10;1-2/h5-6H,4H2,1-3H3,(H2,11,13,14,15);1-2H3/b12-5+;. The highest BCUT2D eigenvalue weighted by Crippen LogP contribution is 2.06. The van der Waals surface area contributed by atoms with E-state index in [1.165, 1.54) is 0 Å². The van der Waals surface area contributed by atoms with E-state index in [0.717, 1.165) is 17.8 Å². The van der Waals surface area contributed by atoms with Crippen molar-refractivity contribution >= 4 is 18.1 Å². The average Bonchev–Trinajstić information content (AvgIpc) is 2.27. The Hall–Kier alpha value is -1.78. The second-order valence-corrected chi connectivity index (χ2v) is 3.14. The molecule has 2 N–H and O–H groups in total. The Balaban J connectivity index is 0.00000121. The van der Waals surface area contributed by atoms with Crippen LogP contribution in [0.15, 0.2) is 16.1 Å². The molecular formula is C12H21N5. The molecule has 0 atom stereocenters. The molecule has 0 fully saturated rings. The van der Waals surface area contributed by atoms with Crippen molar-refractivity contribution < 1.29 is 0 Å². The van der Waals surface area contributed by atoms with Crippen molar-refractivity contribution in [2.24, 2.45) is 15.7 Å². The molecule has 0 bridgehead atoms. The van der Waals surface area contributed by atoms with Gasteiger partial charge < -0.3 is 5.73 Å². The molecule has 0 spiro atoms. The molecule has 0 saturated heterocycles. The molecule has 0 radical (unpaired) electrons. The van der Waals surface area contributed by atoms with Gasteiger partial charge in [-0.25, -0.2) is 15.0 Å². The van der Waals surface area contributed by atoms with Crippen molar-refractivity contribution in [3.05, 3.63) is 17.5 Å². The van der Waals surface area contributed by atoms with Gasteiger partial charge in [-0.2, -0.15) is 4.99 Å². The van der Waals surface area contributed by atoms with E-state index in [-0.39, 0.29) is 5.96 Å². The van der Waals surface area contributed by atoms with Crippen LogP contribution in [-0.4, -0.2) is 22.1 Å². The zero-order chi connectivity index (χ0) is 13.3. The van der Waals surface area contributed by atoms with Gasteiger partial charge in [0.2, 0.25) is 5.96 Å². The van der Waals surface area contributed by atoms with Crippen molar-refractivity contribution in [1.29, 1.82) is 0 Å². The normalized spacial score (nSPS) is 11.2. The lowest BCUT2D eigenvalue weighted by atomic mass is 10.4. The molecule has 0 aliphatic carbocycles. The number of aliphatic imine (C=N–C) groups is 2. The third-order valence-corrected chi connectivity index (χ3v) is 1.59. The molecular weight excluding hydrogens is 214 g/mol. The molecule has 1 heterocycles. The highest BCUT2D eigenvalue weighted by atomic mass is 15.1. The Morgan fingerprint density at radius 3 is 2.29 bits per heavy atom. The Kier molecular flexibility index (Phi) is 7.50. The van der Waals surface area contributed by atoms with Gasteiger partial charge in [0.05, 0.1) is 0 Å². The van der Waals surface area contributed by atoms with Gasteiger partial charge in [0.15, 0.2) is 0 Å². The third kappa shape index (κ3) is 6.40. The fourth-order valence-corrected chi connectivity index (χ4v) is 1.07. The monoisotopic (exact) mass is 235 g/mol. The molecule has 0 unspecified atom stereocenters. The quantitative estimate of drug-likeness (QED) is 0.632. The predicted molar refractivity (Wildman–Crippen MR) is 72.9 cm³/mol. The summed E-state index contributed by atoms with van der Waals surface area (Å²) in [5.41, 5.74) is 7.30. The van der Waals surface area contributed by atoms with Gasteiger partial charge in [-0.15, -0.1) is 0 Å². The smallest absolute Gasteiger partial charge is 0.253 e. The first-order chi connectivity index (χ1) is 8.11. The minimum atomic E-state index is 0.182. The van der Waals surface area contributed by atoms with Crippen LogP contribution in [0.25, 0.3) is 0 Å². The number of guanidine groups is 1. The summed E-state index contributed by atoms with van der Waals surface area (Å²) >= 11 is 0. The molecule has 0 aliphatic rings. The minimum Gasteiger partial charge on any atom is -0.368 e. The van der Waals surface area contributed by atoms with Gasteiger partial charge in [0, 0.05) is 17.6 Å². The topological polar surface area (TPSA) is 76.5 Å². The summed E-state index contributed by atoms with van der Waals surface area (Å²) in [5, 5.41) is 0. The van der Waals surface area contributed by atoms with E-state index in [0.29, 0.717) is 5.95 Å². The number of aryl methyl sites for hydroxylation is 2. The molecule has 0 saturated carbocycles. The van der Waals surface area contributed by atoms with E-state index in [2.05, 4.69) is 20.0 Å². The molecule has 5 heteroatoms. The van der Waals surface area contributed by atoms with E-state index >= 15 is 0 Å². The molecule has 0 amide bonds. The number of nitrogens with two attached hydrogens (primary N) is 1. The fourth-order valence-electron chi connectivity index (χ4n) is 1.07. The molecule has 5 nitrogen and oxygen atoms in total. The largest absolute Gasteiger partial charge is 0.368 e. The van der Waals surface area contributed by atoms with Gasteiger partial charge in [-0.3, -0.25) is 0 Å². The van der Waals surface area contributed by atoms with Crippen molar-refractivity contribution in [2.75, 3.05) is 0 Å². The van der Waals surface area contributed by atoms with Crippen molar-refractivity contribution in [1.82, 2.24) is 9.97 Å². The second kappa shape index (κ2) is 8.38. The number of rotatable bonds is 2. The zero-order valence-electron chi connectivity index (χ0n) is 11.2. The maximum Gasteiger partial charge on any atom is 0.253 e. The van der Waals surface area contributed by atoms with Crippen LogP contribution in [0.3, 0.4) is 0 Å². The number of aromatic nitrogens is 2. The van der Waals surface area contributed by atoms with E-state index in [1.54, 1.807) is 6.21 Å². The second-order valence-electron chi connectivity index (χ2n) is 3.14. The molecule has 1 aromatic heterocycles. The zero-order valence-corrected chi connectivity index (χ0v) is 11.2. The van der Waals surface area contributed by atoms with Gasteiger partial charge in [0.1, 0.15) is 0 Å². The SMILES string of the molecule is CC.CC/C=N/C(N)=N\c1nc(C)cc(C)n1. The summed E-state index contributed by atoms with van der Waals surface area (Å²) in [4.78, 5) is 16.2. The lowest BCUT2D eigenvalue weighted by Gasteiger charge is -1.97. The third-order valence-electron chi connectivity index (χ3n) is 1.59. The van der Waals surface area contributed by atoms with Gasteiger partial charge in [0.25, 0.3) is 5.95 Å². The van der Waals surface area contributed by atoms with Crippen LogP contribution in [0.1, 0.15) is 38.6 Å². The summed E-state index contributed by atoms with van der Waals surface area (Å²) in [7, 11) is 0. The lowest BCUT2D eigenvalue weighted by Crippen LogP contribution is -2.08. The molecule has 17 heavy (non-hydrogen) atoms. The van der Waals surface area contributed by atoms with Crippen LogP contribution in [0.2, 0.25) is 0 Å². The Morgan fingerprint density at radius 2 is 1.82 bits per heavy atom. The Morgan fingerprint density at radius 1 is 1.29 bits per heavy atom. The van der Waals surface area contributed by atoms with Crippen molar-refractivity contribution in [3.63, 3.8) is 0 Å². The minimum absolute atomic E-state index is 0.182. The van der Waals surface area contributed by atoms with Crippen molar-refractivity contribution in [3.8, 4) is 0 Å². The summed E-state index contributed by atoms with van der Waals surface area (Å²) in [5.74, 6) is 0.542. The van der Waals surface area contributed by atoms with Gasteiger partial charge in [-0.1, -0.05) is 20.8 Å². The van der Waals surface area contributed by atoms with Crippen LogP contribution in [0.5, 0.6) is 0 Å².